The first kappa shape index (κ1) is 18.4. The van der Waals surface area contributed by atoms with Gasteiger partial charge >= 0.3 is 0 Å². The predicted molar refractivity (Wildman–Crippen MR) is 96.5 cm³/mol. The van der Waals surface area contributed by atoms with Crippen molar-refractivity contribution >= 4 is 52.0 Å². The highest BCUT2D eigenvalue weighted by Crippen LogP contribution is 2.30. The van der Waals surface area contributed by atoms with E-state index in [0.29, 0.717) is 5.01 Å². The van der Waals surface area contributed by atoms with Gasteiger partial charge in [0.15, 0.2) is 20.4 Å². The first-order valence-corrected chi connectivity index (χ1v) is 10.7. The smallest absolute Gasteiger partial charge is 0.175 e. The number of aryl methyl sites for hydroxylation is 1. The summed E-state index contributed by atoms with van der Waals surface area (Å²) in [6.45, 7) is 4.01. The Morgan fingerprint density at radius 3 is 2.74 bits per heavy atom. The van der Waals surface area contributed by atoms with Gasteiger partial charge in [-0.15, -0.1) is 21.5 Å². The number of unbranched alkanes of at least 4 members (excludes halogenated alkanes) is 1. The number of hydrogen-bond acceptors (Lipinski definition) is 9. The van der Waals surface area contributed by atoms with Gasteiger partial charge in [-0.1, -0.05) is 48.2 Å². The number of nitriles is 1. The van der Waals surface area contributed by atoms with Gasteiger partial charge in [0, 0.05) is 16.8 Å². The molecule has 0 aromatic carbocycles. The SMILES string of the molecule is CCCCSc1nnc(SCC(=O)[C@H](C#N)c2nc(C)cs2)s1. The Bertz CT molecular complexity index is 691. The summed E-state index contributed by atoms with van der Waals surface area (Å²) in [6.07, 6.45) is 2.32. The maximum Gasteiger partial charge on any atom is 0.175 e. The zero-order valence-electron chi connectivity index (χ0n) is 12.8. The van der Waals surface area contributed by atoms with Crippen LogP contribution in [0.1, 0.15) is 36.4 Å². The van der Waals surface area contributed by atoms with Crippen LogP contribution in [-0.2, 0) is 4.79 Å². The fourth-order valence-corrected chi connectivity index (χ4v) is 5.54. The molecular formula is C14H16N4OS4. The van der Waals surface area contributed by atoms with Gasteiger partial charge < -0.3 is 0 Å². The molecule has 0 spiro atoms. The summed E-state index contributed by atoms with van der Waals surface area (Å²) in [7, 11) is 0. The van der Waals surface area contributed by atoms with Crippen LogP contribution in [0, 0.1) is 18.3 Å². The van der Waals surface area contributed by atoms with Crippen LogP contribution in [0.2, 0.25) is 0 Å². The number of thioether (sulfide) groups is 2. The number of rotatable bonds is 9. The number of thiazole rings is 1. The van der Waals surface area contributed by atoms with E-state index in [1.807, 2.05) is 12.3 Å². The summed E-state index contributed by atoms with van der Waals surface area (Å²) in [5, 5.41) is 19.9. The van der Waals surface area contributed by atoms with E-state index in [9.17, 15) is 10.1 Å². The molecular weight excluding hydrogens is 368 g/mol. The molecule has 0 bridgehead atoms. The van der Waals surface area contributed by atoms with Crippen LogP contribution in [0.3, 0.4) is 0 Å². The second-order valence-corrected chi connectivity index (χ2v) is 9.11. The highest BCUT2D eigenvalue weighted by atomic mass is 32.2. The fourth-order valence-electron chi connectivity index (χ4n) is 1.60. The quantitative estimate of drug-likeness (QED) is 0.474. The Balaban J connectivity index is 1.87. The zero-order valence-corrected chi connectivity index (χ0v) is 16.1. The van der Waals surface area contributed by atoms with Gasteiger partial charge in [-0.25, -0.2) is 4.98 Å². The average Bonchev–Trinajstić information content (AvgIpc) is 3.16. The van der Waals surface area contributed by atoms with Crippen molar-refractivity contribution in [1.82, 2.24) is 15.2 Å². The van der Waals surface area contributed by atoms with Crippen molar-refractivity contribution in [2.75, 3.05) is 11.5 Å². The maximum atomic E-state index is 12.2. The Morgan fingerprint density at radius 2 is 2.13 bits per heavy atom. The lowest BCUT2D eigenvalue weighted by Crippen LogP contribution is -2.13. The van der Waals surface area contributed by atoms with Crippen LogP contribution in [0.15, 0.2) is 14.1 Å². The Hall–Kier alpha value is -0.950. The van der Waals surface area contributed by atoms with E-state index < -0.39 is 5.92 Å². The molecule has 0 aliphatic carbocycles. The van der Waals surface area contributed by atoms with Gasteiger partial charge in [0.1, 0.15) is 5.01 Å². The van der Waals surface area contributed by atoms with Crippen molar-refractivity contribution in [3.8, 4) is 6.07 Å². The number of aromatic nitrogens is 3. The minimum absolute atomic E-state index is 0.137. The number of ketones is 1. The Kier molecular flexibility index (Phi) is 7.49. The van der Waals surface area contributed by atoms with E-state index >= 15 is 0 Å². The normalized spacial score (nSPS) is 12.0. The summed E-state index contributed by atoms with van der Waals surface area (Å²) >= 11 is 5.89. The highest BCUT2D eigenvalue weighted by Gasteiger charge is 2.23. The molecule has 2 rings (SSSR count). The molecule has 122 valence electrons. The highest BCUT2D eigenvalue weighted by molar-refractivity contribution is 8.03. The van der Waals surface area contributed by atoms with E-state index in [1.54, 1.807) is 11.8 Å². The second kappa shape index (κ2) is 9.37. The molecule has 2 aromatic heterocycles. The lowest BCUT2D eigenvalue weighted by atomic mass is 10.1. The third-order valence-electron chi connectivity index (χ3n) is 2.78. The second-order valence-electron chi connectivity index (χ2n) is 4.68. The molecule has 2 heterocycles. The summed E-state index contributed by atoms with van der Waals surface area (Å²) in [4.78, 5) is 16.5. The Labute approximate surface area is 151 Å². The minimum atomic E-state index is -0.785. The molecule has 0 aliphatic rings. The zero-order chi connectivity index (χ0) is 16.7. The van der Waals surface area contributed by atoms with Gasteiger partial charge in [0.25, 0.3) is 0 Å². The number of carbonyl (C=O) groups is 1. The van der Waals surface area contributed by atoms with Crippen molar-refractivity contribution in [3.05, 3.63) is 16.1 Å². The third-order valence-corrected chi connectivity index (χ3v) is 7.11. The summed E-state index contributed by atoms with van der Waals surface area (Å²) < 4.78 is 1.70. The van der Waals surface area contributed by atoms with Crippen molar-refractivity contribution in [2.45, 2.75) is 41.3 Å². The monoisotopic (exact) mass is 384 g/mol. The first-order valence-electron chi connectivity index (χ1n) is 7.07. The van der Waals surface area contributed by atoms with Crippen molar-refractivity contribution in [2.24, 2.45) is 0 Å². The van der Waals surface area contributed by atoms with E-state index in [4.69, 9.17) is 0 Å². The molecule has 23 heavy (non-hydrogen) atoms. The van der Waals surface area contributed by atoms with Crippen LogP contribution in [-0.4, -0.2) is 32.5 Å². The van der Waals surface area contributed by atoms with Crippen LogP contribution in [0.4, 0.5) is 0 Å². The van der Waals surface area contributed by atoms with Gasteiger partial charge in [0.2, 0.25) is 0 Å². The standard InChI is InChI=1S/C14H16N4OS4/c1-3-4-5-20-13-17-18-14(23-13)22-8-11(19)10(6-15)12-16-9(2)7-21-12/h7,10H,3-5,8H2,1-2H3/t10-/m0/s1. The molecule has 0 amide bonds. The Morgan fingerprint density at radius 1 is 1.39 bits per heavy atom. The molecule has 5 nitrogen and oxygen atoms in total. The molecule has 0 N–H and O–H groups in total. The molecule has 0 radical (unpaired) electrons. The molecule has 0 saturated carbocycles. The number of nitrogens with zero attached hydrogens (tertiary/aromatic N) is 4. The average molecular weight is 385 g/mol. The molecule has 0 saturated heterocycles. The third kappa shape index (κ3) is 5.57. The molecule has 9 heteroatoms. The van der Waals surface area contributed by atoms with Gasteiger partial charge in [-0.2, -0.15) is 5.26 Å². The van der Waals surface area contributed by atoms with E-state index in [1.165, 1.54) is 34.4 Å². The minimum Gasteiger partial charge on any atom is -0.297 e. The summed E-state index contributed by atoms with van der Waals surface area (Å²) in [5.74, 6) is 0.328. The van der Waals surface area contributed by atoms with Gasteiger partial charge in [-0.3, -0.25) is 4.79 Å². The molecule has 0 fully saturated rings. The van der Waals surface area contributed by atoms with Crippen LogP contribution >= 0.6 is 46.2 Å². The predicted octanol–water partition coefficient (Wildman–Crippen LogP) is 4.16. The lowest BCUT2D eigenvalue weighted by molar-refractivity contribution is -0.116. The maximum absolute atomic E-state index is 12.2. The van der Waals surface area contributed by atoms with E-state index in [2.05, 4.69) is 28.2 Å². The van der Waals surface area contributed by atoms with Crippen molar-refractivity contribution in [1.29, 1.82) is 5.26 Å². The van der Waals surface area contributed by atoms with Crippen molar-refractivity contribution in [3.63, 3.8) is 0 Å². The van der Waals surface area contributed by atoms with Crippen LogP contribution in [0.5, 0.6) is 0 Å². The van der Waals surface area contributed by atoms with E-state index in [-0.39, 0.29) is 11.5 Å². The van der Waals surface area contributed by atoms with E-state index in [0.717, 1.165) is 33.0 Å². The molecule has 1 atom stereocenters. The fraction of sp³-hybridized carbons (Fsp3) is 0.500. The van der Waals surface area contributed by atoms with Gasteiger partial charge in [-0.05, 0) is 13.3 Å². The first-order chi connectivity index (χ1) is 11.1. The molecule has 0 aliphatic heterocycles. The summed E-state index contributed by atoms with van der Waals surface area (Å²) in [5.41, 5.74) is 0.837. The number of Topliss-reactive ketones (excluding diaryl/α,β-unsaturated/α-hetero) is 1. The van der Waals surface area contributed by atoms with Crippen LogP contribution < -0.4 is 0 Å². The summed E-state index contributed by atoms with van der Waals surface area (Å²) in [6, 6.07) is 2.06. The molecule has 2 aromatic rings. The largest absolute Gasteiger partial charge is 0.297 e. The topological polar surface area (TPSA) is 79.5 Å². The lowest BCUT2D eigenvalue weighted by Gasteiger charge is -2.03. The molecule has 0 unspecified atom stereocenters. The van der Waals surface area contributed by atoms with Crippen LogP contribution in [0.25, 0.3) is 0 Å². The van der Waals surface area contributed by atoms with Gasteiger partial charge in [0.05, 0.1) is 11.8 Å². The number of hydrogen-bond donors (Lipinski definition) is 0. The van der Waals surface area contributed by atoms with Crippen molar-refractivity contribution < 1.29 is 4.79 Å². The number of carbonyl (C=O) groups excluding carboxylic acids is 1.